The fourth-order valence-electron chi connectivity index (χ4n) is 1.34. The summed E-state index contributed by atoms with van der Waals surface area (Å²) in [7, 11) is 0. The van der Waals surface area contributed by atoms with Crippen molar-refractivity contribution < 1.29 is 54.8 Å². The average molecular weight is 344 g/mol. The highest BCUT2D eigenvalue weighted by atomic mass is 17.1. The van der Waals surface area contributed by atoms with Gasteiger partial charge in [-0.25, -0.2) is 14.4 Å². The number of aliphatic hydroxyl groups excluding tert-OH is 1. The molecule has 0 aliphatic carbocycles. The van der Waals surface area contributed by atoms with E-state index in [-0.39, 0.29) is 5.56 Å². The van der Waals surface area contributed by atoms with Crippen molar-refractivity contribution in [1.29, 1.82) is 0 Å². The van der Waals surface area contributed by atoms with E-state index in [1.807, 2.05) is 0 Å². The first-order valence-electron chi connectivity index (χ1n) is 6.04. The number of hydrogen-bond donors (Lipinski definition) is 6. The van der Waals surface area contributed by atoms with Gasteiger partial charge in [-0.05, 0) is 23.8 Å². The Morgan fingerprint density at radius 3 is 2.29 bits per heavy atom. The third-order valence-electron chi connectivity index (χ3n) is 2.60. The maximum absolute atomic E-state index is 11.4. The number of aliphatic hydroxyl groups is 3. The van der Waals surface area contributed by atoms with Crippen molar-refractivity contribution in [2.24, 2.45) is 0 Å². The van der Waals surface area contributed by atoms with Crippen LogP contribution in [0.5, 0.6) is 11.5 Å². The Morgan fingerprint density at radius 1 is 1.12 bits per heavy atom. The number of ether oxygens (including phenoxy) is 1. The zero-order valence-corrected chi connectivity index (χ0v) is 11.7. The number of carbonyl (C=O) groups is 3. The Hall–Kier alpha value is -2.99. The summed E-state index contributed by atoms with van der Waals surface area (Å²) >= 11 is 0. The lowest BCUT2D eigenvalue weighted by atomic mass is 10.1. The molecule has 1 aromatic rings. The molecule has 0 radical (unpaired) electrons. The monoisotopic (exact) mass is 344 g/mol. The molecule has 6 N–H and O–H groups in total. The normalized spacial score (nSPS) is 12.7. The molecule has 1 unspecified atom stereocenters. The summed E-state index contributed by atoms with van der Waals surface area (Å²) in [4.78, 5) is 36.4. The second-order valence-corrected chi connectivity index (χ2v) is 4.33. The molecular formula is C13H12O11. The Morgan fingerprint density at radius 2 is 1.75 bits per heavy atom. The quantitative estimate of drug-likeness (QED) is 0.0674. The highest BCUT2D eigenvalue weighted by molar-refractivity contribution is 5.98. The van der Waals surface area contributed by atoms with E-state index < -0.39 is 41.3 Å². The number of hydrogen-bond acceptors (Lipinski definition) is 11. The van der Waals surface area contributed by atoms with Crippen LogP contribution in [0.2, 0.25) is 0 Å². The van der Waals surface area contributed by atoms with Crippen molar-refractivity contribution in [2.75, 3.05) is 0 Å². The first kappa shape index (κ1) is 19.1. The second-order valence-electron chi connectivity index (χ2n) is 4.33. The van der Waals surface area contributed by atoms with Gasteiger partial charge < -0.3 is 30.3 Å². The molecule has 1 atom stereocenters. The molecule has 1 aromatic carbocycles. The molecule has 0 bridgehead atoms. The van der Waals surface area contributed by atoms with Gasteiger partial charge in [-0.1, -0.05) is 6.07 Å². The van der Waals surface area contributed by atoms with E-state index in [0.717, 1.165) is 18.2 Å². The number of rotatable bonds is 5. The summed E-state index contributed by atoms with van der Waals surface area (Å²) in [6, 6.07) is 3.51. The lowest BCUT2D eigenvalue weighted by molar-refractivity contribution is -0.292. The predicted molar refractivity (Wildman–Crippen MR) is 71.8 cm³/mol. The molecule has 0 aliphatic heterocycles. The molecule has 0 aromatic heterocycles. The minimum atomic E-state index is -3.83. The van der Waals surface area contributed by atoms with Crippen LogP contribution in [-0.4, -0.2) is 60.6 Å². The molecular weight excluding hydrogens is 332 g/mol. The van der Waals surface area contributed by atoms with E-state index >= 15 is 0 Å². The largest absolute Gasteiger partial charge is 0.504 e. The Kier molecular flexibility index (Phi) is 5.97. The number of esters is 2. The SMILES string of the molecule is O=C(/C=C/c1ccc(O)c(O)c1)OC(=O)C(O)C(O)(O)C(=O)OO. The third-order valence-corrected chi connectivity index (χ3v) is 2.60. The summed E-state index contributed by atoms with van der Waals surface area (Å²) < 4.78 is 4.03. The molecule has 0 fully saturated rings. The molecule has 0 amide bonds. The van der Waals surface area contributed by atoms with Crippen LogP contribution >= 0.6 is 0 Å². The zero-order valence-electron chi connectivity index (χ0n) is 11.7. The van der Waals surface area contributed by atoms with Gasteiger partial charge in [0.15, 0.2) is 11.5 Å². The lowest BCUT2D eigenvalue weighted by Crippen LogP contribution is -2.54. The van der Waals surface area contributed by atoms with Crippen LogP contribution in [-0.2, 0) is 24.0 Å². The summed E-state index contributed by atoms with van der Waals surface area (Å²) in [5, 5.41) is 53.7. The number of benzene rings is 1. The molecule has 1 rings (SSSR count). The van der Waals surface area contributed by atoms with Gasteiger partial charge in [0.2, 0.25) is 6.10 Å². The number of phenolic OH excluding ortho intramolecular Hbond substituents is 2. The molecule has 0 saturated carbocycles. The summed E-state index contributed by atoms with van der Waals surface area (Å²) in [6.07, 6.45) is -1.20. The fourth-order valence-corrected chi connectivity index (χ4v) is 1.34. The first-order valence-corrected chi connectivity index (χ1v) is 6.04. The van der Waals surface area contributed by atoms with Gasteiger partial charge in [-0.2, -0.15) is 5.26 Å². The lowest BCUT2D eigenvalue weighted by Gasteiger charge is -2.21. The standard InChI is InChI=1S/C13H12O11/c14-7-3-1-6(5-8(7)15)2-4-9(16)23-11(18)10(17)13(20,21)12(19)24-22/h1-5,10,14-15,17,20-22H/b4-2+. The smallest absolute Gasteiger partial charge is 0.404 e. The number of phenols is 2. The molecule has 11 nitrogen and oxygen atoms in total. The third kappa shape index (κ3) is 4.50. The van der Waals surface area contributed by atoms with Crippen LogP contribution in [0.15, 0.2) is 24.3 Å². The Balaban J connectivity index is 2.73. The molecule has 0 heterocycles. The van der Waals surface area contributed by atoms with Gasteiger partial charge in [0.25, 0.3) is 0 Å². The van der Waals surface area contributed by atoms with Crippen molar-refractivity contribution in [2.45, 2.75) is 11.9 Å². The van der Waals surface area contributed by atoms with Crippen LogP contribution in [0, 0.1) is 0 Å². The first-order chi connectivity index (χ1) is 11.1. The van der Waals surface area contributed by atoms with Gasteiger partial charge in [-0.3, -0.25) is 4.89 Å². The van der Waals surface area contributed by atoms with Gasteiger partial charge in [0.05, 0.1) is 0 Å². The maximum atomic E-state index is 11.4. The highest BCUT2D eigenvalue weighted by Gasteiger charge is 2.49. The van der Waals surface area contributed by atoms with E-state index in [1.54, 1.807) is 0 Å². The Bertz CT molecular complexity index is 676. The van der Waals surface area contributed by atoms with Gasteiger partial charge in [0.1, 0.15) is 0 Å². The van der Waals surface area contributed by atoms with E-state index in [2.05, 4.69) is 9.62 Å². The van der Waals surface area contributed by atoms with Crippen LogP contribution in [0.4, 0.5) is 0 Å². The van der Waals surface area contributed by atoms with E-state index in [1.165, 1.54) is 6.07 Å². The molecule has 0 aliphatic rings. The molecule has 0 spiro atoms. The topological polar surface area (TPSA) is 191 Å². The van der Waals surface area contributed by atoms with Crippen molar-refractivity contribution >= 4 is 24.0 Å². The summed E-state index contributed by atoms with van der Waals surface area (Å²) in [6.45, 7) is 0. The van der Waals surface area contributed by atoms with Crippen LogP contribution in [0.3, 0.4) is 0 Å². The van der Waals surface area contributed by atoms with Gasteiger partial charge in [-0.15, -0.1) is 0 Å². The molecule has 130 valence electrons. The van der Waals surface area contributed by atoms with E-state index in [9.17, 15) is 24.6 Å². The molecule has 0 saturated heterocycles. The van der Waals surface area contributed by atoms with E-state index in [0.29, 0.717) is 6.08 Å². The summed E-state index contributed by atoms with van der Waals surface area (Å²) in [5.41, 5.74) is 0.234. The number of carbonyl (C=O) groups excluding carboxylic acids is 3. The van der Waals surface area contributed by atoms with Crippen molar-refractivity contribution in [3.8, 4) is 11.5 Å². The average Bonchev–Trinajstić information content (AvgIpc) is 2.54. The van der Waals surface area contributed by atoms with Crippen LogP contribution < -0.4 is 0 Å². The Labute approximate surface area is 133 Å². The van der Waals surface area contributed by atoms with Crippen LogP contribution in [0.1, 0.15) is 5.56 Å². The molecule has 24 heavy (non-hydrogen) atoms. The minimum absolute atomic E-state index is 0.234. The molecule has 11 heteroatoms. The maximum Gasteiger partial charge on any atom is 0.404 e. The summed E-state index contributed by atoms with van der Waals surface area (Å²) in [5.74, 6) is -10.1. The van der Waals surface area contributed by atoms with Crippen molar-refractivity contribution in [3.05, 3.63) is 29.8 Å². The van der Waals surface area contributed by atoms with E-state index in [4.69, 9.17) is 20.6 Å². The van der Waals surface area contributed by atoms with Gasteiger partial charge >= 0.3 is 23.7 Å². The zero-order chi connectivity index (χ0) is 18.5. The second kappa shape index (κ2) is 7.52. The van der Waals surface area contributed by atoms with Crippen LogP contribution in [0.25, 0.3) is 6.08 Å². The van der Waals surface area contributed by atoms with Gasteiger partial charge in [0, 0.05) is 6.08 Å². The number of aromatic hydroxyl groups is 2. The highest BCUT2D eigenvalue weighted by Crippen LogP contribution is 2.25. The predicted octanol–water partition coefficient (Wildman–Crippen LogP) is -1.76. The van der Waals surface area contributed by atoms with Crippen molar-refractivity contribution in [1.82, 2.24) is 0 Å². The minimum Gasteiger partial charge on any atom is -0.504 e. The van der Waals surface area contributed by atoms with Crippen molar-refractivity contribution in [3.63, 3.8) is 0 Å². The fraction of sp³-hybridized carbons (Fsp3) is 0.154.